The van der Waals surface area contributed by atoms with Crippen LogP contribution in [0.5, 0.6) is 0 Å². The minimum absolute atomic E-state index is 0.211. The third-order valence-electron chi connectivity index (χ3n) is 2.62. The van der Waals surface area contributed by atoms with Crippen LogP contribution in [0.4, 0.5) is 4.79 Å². The number of amides is 1. The number of rotatable bonds is 0. The standard InChI is InChI=1S/C9H14N2O2/c1-10-3-7-5-11(9(12)13-2)6-8(7)4-10/h3-6H2,1-2H3. The van der Waals surface area contributed by atoms with Crippen LogP contribution in [0.1, 0.15) is 0 Å². The summed E-state index contributed by atoms with van der Waals surface area (Å²) in [6.45, 7) is 3.52. The van der Waals surface area contributed by atoms with Crippen molar-refractivity contribution >= 4 is 6.09 Å². The topological polar surface area (TPSA) is 32.8 Å². The minimum Gasteiger partial charge on any atom is -0.453 e. The van der Waals surface area contributed by atoms with Crippen molar-refractivity contribution in [3.8, 4) is 0 Å². The van der Waals surface area contributed by atoms with E-state index < -0.39 is 0 Å². The van der Waals surface area contributed by atoms with Gasteiger partial charge in [0.25, 0.3) is 0 Å². The van der Waals surface area contributed by atoms with Crippen molar-refractivity contribution in [3.63, 3.8) is 0 Å². The molecule has 0 bridgehead atoms. The average Bonchev–Trinajstić information content (AvgIpc) is 2.59. The first-order valence-electron chi connectivity index (χ1n) is 4.42. The summed E-state index contributed by atoms with van der Waals surface area (Å²) in [5.74, 6) is 0. The molecule has 1 amide bonds. The summed E-state index contributed by atoms with van der Waals surface area (Å²) < 4.78 is 4.67. The van der Waals surface area contributed by atoms with Crippen LogP contribution in [0.25, 0.3) is 0 Å². The third-order valence-corrected chi connectivity index (χ3v) is 2.62. The van der Waals surface area contributed by atoms with E-state index >= 15 is 0 Å². The molecule has 2 rings (SSSR count). The predicted octanol–water partition coefficient (Wildman–Crippen LogP) is 0.310. The van der Waals surface area contributed by atoms with Gasteiger partial charge in [0, 0.05) is 26.2 Å². The van der Waals surface area contributed by atoms with Crippen LogP contribution in [0.15, 0.2) is 11.1 Å². The highest BCUT2D eigenvalue weighted by Crippen LogP contribution is 2.24. The van der Waals surface area contributed by atoms with Gasteiger partial charge in [-0.15, -0.1) is 0 Å². The maximum Gasteiger partial charge on any atom is 0.410 e. The van der Waals surface area contributed by atoms with Crippen LogP contribution in [0, 0.1) is 0 Å². The maximum atomic E-state index is 11.2. The van der Waals surface area contributed by atoms with Gasteiger partial charge in [-0.2, -0.15) is 0 Å². The average molecular weight is 182 g/mol. The van der Waals surface area contributed by atoms with Crippen LogP contribution < -0.4 is 0 Å². The second-order valence-electron chi connectivity index (χ2n) is 3.71. The number of hydrogen-bond acceptors (Lipinski definition) is 3. The zero-order chi connectivity index (χ0) is 9.42. The normalized spacial score (nSPS) is 22.5. The third kappa shape index (κ3) is 1.42. The Hall–Kier alpha value is -1.03. The highest BCUT2D eigenvalue weighted by molar-refractivity contribution is 5.69. The Labute approximate surface area is 77.8 Å². The molecule has 0 fully saturated rings. The predicted molar refractivity (Wildman–Crippen MR) is 48.5 cm³/mol. The molecule has 2 heterocycles. The lowest BCUT2D eigenvalue weighted by molar-refractivity contribution is 0.132. The first-order chi connectivity index (χ1) is 6.20. The van der Waals surface area contributed by atoms with Gasteiger partial charge in [0.2, 0.25) is 0 Å². The molecule has 2 aliphatic rings. The van der Waals surface area contributed by atoms with Crippen molar-refractivity contribution in [2.24, 2.45) is 0 Å². The van der Waals surface area contributed by atoms with E-state index in [0.29, 0.717) is 0 Å². The van der Waals surface area contributed by atoms with Gasteiger partial charge in [0.05, 0.1) is 7.11 Å². The molecular weight excluding hydrogens is 168 g/mol. The second kappa shape index (κ2) is 3.03. The van der Waals surface area contributed by atoms with Crippen molar-refractivity contribution in [2.45, 2.75) is 0 Å². The number of nitrogens with zero attached hydrogens (tertiary/aromatic N) is 2. The van der Waals surface area contributed by atoms with E-state index in [9.17, 15) is 4.79 Å². The van der Waals surface area contributed by atoms with E-state index in [2.05, 4.69) is 16.7 Å². The molecule has 13 heavy (non-hydrogen) atoms. The Kier molecular flexibility index (Phi) is 2.00. The fourth-order valence-electron chi connectivity index (χ4n) is 2.03. The van der Waals surface area contributed by atoms with E-state index in [0.717, 1.165) is 26.2 Å². The van der Waals surface area contributed by atoms with E-state index in [1.807, 2.05) is 0 Å². The van der Waals surface area contributed by atoms with Crippen LogP contribution in [0.2, 0.25) is 0 Å². The van der Waals surface area contributed by atoms with Crippen LogP contribution >= 0.6 is 0 Å². The molecule has 0 aliphatic carbocycles. The molecule has 0 radical (unpaired) electrons. The molecule has 0 atom stereocenters. The summed E-state index contributed by atoms with van der Waals surface area (Å²) in [5.41, 5.74) is 2.79. The van der Waals surface area contributed by atoms with E-state index in [4.69, 9.17) is 0 Å². The molecular formula is C9H14N2O2. The van der Waals surface area contributed by atoms with Gasteiger partial charge in [0.15, 0.2) is 0 Å². The quantitative estimate of drug-likeness (QED) is 0.505. The Morgan fingerprint density at radius 1 is 1.23 bits per heavy atom. The van der Waals surface area contributed by atoms with Gasteiger partial charge in [-0.25, -0.2) is 4.79 Å². The van der Waals surface area contributed by atoms with Crippen LogP contribution in [-0.2, 0) is 4.74 Å². The number of likely N-dealkylation sites (N-methyl/N-ethyl adjacent to an activating group) is 1. The smallest absolute Gasteiger partial charge is 0.410 e. The lowest BCUT2D eigenvalue weighted by Crippen LogP contribution is -2.32. The molecule has 0 spiro atoms. The Balaban J connectivity index is 1.98. The summed E-state index contributed by atoms with van der Waals surface area (Å²) in [6.07, 6.45) is -0.211. The molecule has 72 valence electrons. The molecule has 4 heteroatoms. The monoisotopic (exact) mass is 182 g/mol. The number of ether oxygens (including phenoxy) is 1. The summed E-state index contributed by atoms with van der Waals surface area (Å²) in [7, 11) is 3.53. The second-order valence-corrected chi connectivity index (χ2v) is 3.71. The highest BCUT2D eigenvalue weighted by Gasteiger charge is 2.30. The lowest BCUT2D eigenvalue weighted by Gasteiger charge is -2.18. The zero-order valence-corrected chi connectivity index (χ0v) is 8.04. The Morgan fingerprint density at radius 3 is 2.23 bits per heavy atom. The Morgan fingerprint density at radius 2 is 1.77 bits per heavy atom. The van der Waals surface area contributed by atoms with Gasteiger partial charge in [-0.1, -0.05) is 0 Å². The molecule has 0 aromatic rings. The SMILES string of the molecule is COC(=O)N1CC2=C(CN(C)C2)C1. The fraction of sp³-hybridized carbons (Fsp3) is 0.667. The number of methoxy groups -OCH3 is 1. The van der Waals surface area contributed by atoms with Crippen molar-refractivity contribution in [1.29, 1.82) is 0 Å². The van der Waals surface area contributed by atoms with Crippen molar-refractivity contribution in [1.82, 2.24) is 9.80 Å². The summed E-state index contributed by atoms with van der Waals surface area (Å²) in [4.78, 5) is 15.2. The summed E-state index contributed by atoms with van der Waals surface area (Å²) >= 11 is 0. The highest BCUT2D eigenvalue weighted by atomic mass is 16.5. The van der Waals surface area contributed by atoms with Gasteiger partial charge in [-0.3, -0.25) is 4.90 Å². The number of carbonyl (C=O) groups is 1. The molecule has 0 N–H and O–H groups in total. The largest absolute Gasteiger partial charge is 0.453 e. The van der Waals surface area contributed by atoms with Crippen LogP contribution in [0.3, 0.4) is 0 Å². The molecule has 0 unspecified atom stereocenters. The Bertz CT molecular complexity index is 255. The van der Waals surface area contributed by atoms with Crippen LogP contribution in [-0.4, -0.2) is 56.2 Å². The molecule has 2 aliphatic heterocycles. The summed E-state index contributed by atoms with van der Waals surface area (Å²) in [5, 5.41) is 0. The van der Waals surface area contributed by atoms with Gasteiger partial charge >= 0.3 is 6.09 Å². The van der Waals surface area contributed by atoms with Gasteiger partial charge in [0.1, 0.15) is 0 Å². The van der Waals surface area contributed by atoms with E-state index in [1.54, 1.807) is 4.90 Å². The van der Waals surface area contributed by atoms with Crippen molar-refractivity contribution in [2.75, 3.05) is 40.3 Å². The number of hydrogen-bond donors (Lipinski definition) is 0. The fourth-order valence-corrected chi connectivity index (χ4v) is 2.03. The zero-order valence-electron chi connectivity index (χ0n) is 8.04. The molecule has 0 aromatic carbocycles. The molecule has 0 saturated heterocycles. The van der Waals surface area contributed by atoms with E-state index in [1.165, 1.54) is 18.3 Å². The summed E-state index contributed by atoms with van der Waals surface area (Å²) in [6, 6.07) is 0. The first-order valence-corrected chi connectivity index (χ1v) is 4.42. The molecule has 0 aromatic heterocycles. The minimum atomic E-state index is -0.211. The lowest BCUT2D eigenvalue weighted by atomic mass is 10.2. The van der Waals surface area contributed by atoms with Gasteiger partial charge in [-0.05, 0) is 18.2 Å². The van der Waals surface area contributed by atoms with Gasteiger partial charge < -0.3 is 9.64 Å². The van der Waals surface area contributed by atoms with Crippen molar-refractivity contribution < 1.29 is 9.53 Å². The number of carbonyl (C=O) groups excluding carboxylic acids is 1. The molecule has 4 nitrogen and oxygen atoms in total. The maximum absolute atomic E-state index is 11.2. The van der Waals surface area contributed by atoms with E-state index in [-0.39, 0.29) is 6.09 Å². The first kappa shape index (κ1) is 8.56. The molecule has 0 saturated carbocycles. The van der Waals surface area contributed by atoms with Crippen molar-refractivity contribution in [3.05, 3.63) is 11.1 Å².